The topological polar surface area (TPSA) is 116 Å². The number of methoxy groups -OCH3 is 1. The Morgan fingerprint density at radius 1 is 1.40 bits per heavy atom. The zero-order valence-corrected chi connectivity index (χ0v) is 14.6. The van der Waals surface area contributed by atoms with Crippen LogP contribution in [0.3, 0.4) is 0 Å². The van der Waals surface area contributed by atoms with Gasteiger partial charge >= 0.3 is 5.97 Å². The Balaban J connectivity index is 2.40. The third kappa shape index (κ3) is 4.13. The molecule has 138 valence electrons. The Labute approximate surface area is 144 Å². The predicted molar refractivity (Wildman–Crippen MR) is 85.8 cm³/mol. The van der Waals surface area contributed by atoms with Crippen molar-refractivity contribution in [3.63, 3.8) is 0 Å². The standard InChI is InChI=1S/C15H19FN2O6S/c1-15(6-4-3-5-13(15)14(19)24-2)17-25(22,23)12-8-10(16)7-11(9-12)18(20)21/h7-9,13,17H,3-6H2,1-2H3/t13-,15-/m0/s1. The van der Waals surface area contributed by atoms with Gasteiger partial charge in [0.05, 0.1) is 28.9 Å². The molecule has 1 aliphatic rings. The fraction of sp³-hybridized carbons (Fsp3) is 0.533. The lowest BCUT2D eigenvalue weighted by molar-refractivity contribution is -0.385. The highest BCUT2D eigenvalue weighted by Crippen LogP contribution is 2.36. The normalized spacial score (nSPS) is 23.9. The third-order valence-electron chi connectivity index (χ3n) is 4.44. The van der Waals surface area contributed by atoms with E-state index >= 15 is 0 Å². The van der Waals surface area contributed by atoms with Crippen molar-refractivity contribution >= 4 is 21.7 Å². The van der Waals surface area contributed by atoms with Gasteiger partial charge in [0.15, 0.2) is 0 Å². The van der Waals surface area contributed by atoms with Crippen LogP contribution >= 0.6 is 0 Å². The van der Waals surface area contributed by atoms with Crippen molar-refractivity contribution in [3.8, 4) is 0 Å². The molecule has 2 atom stereocenters. The predicted octanol–water partition coefficient (Wildman–Crippen LogP) is 2.13. The molecule has 0 aliphatic heterocycles. The van der Waals surface area contributed by atoms with Gasteiger partial charge in [0.2, 0.25) is 10.0 Å². The fourth-order valence-corrected chi connectivity index (χ4v) is 4.67. The molecule has 1 fully saturated rings. The molecule has 1 aromatic carbocycles. The first-order valence-corrected chi connectivity index (χ1v) is 9.14. The molecule has 0 aromatic heterocycles. The summed E-state index contributed by atoms with van der Waals surface area (Å²) in [5.74, 6) is -2.26. The first kappa shape index (κ1) is 19.3. The summed E-state index contributed by atoms with van der Waals surface area (Å²) in [4.78, 5) is 21.4. The number of nitrogens with one attached hydrogen (secondary N) is 1. The molecule has 10 heteroatoms. The lowest BCUT2D eigenvalue weighted by Crippen LogP contribution is -2.55. The summed E-state index contributed by atoms with van der Waals surface area (Å²) < 4.78 is 46.0. The van der Waals surface area contributed by atoms with Crippen molar-refractivity contribution in [3.05, 3.63) is 34.1 Å². The number of hydrogen-bond acceptors (Lipinski definition) is 6. The van der Waals surface area contributed by atoms with E-state index in [9.17, 15) is 27.7 Å². The molecule has 0 spiro atoms. The average molecular weight is 374 g/mol. The molecule has 0 amide bonds. The Morgan fingerprint density at radius 2 is 2.08 bits per heavy atom. The van der Waals surface area contributed by atoms with E-state index in [1.807, 2.05) is 0 Å². The Morgan fingerprint density at radius 3 is 2.68 bits per heavy atom. The quantitative estimate of drug-likeness (QED) is 0.479. The molecule has 0 saturated heterocycles. The number of nitro benzene ring substituents is 1. The van der Waals surface area contributed by atoms with Gasteiger partial charge in [0.25, 0.3) is 5.69 Å². The third-order valence-corrected chi connectivity index (χ3v) is 6.03. The van der Waals surface area contributed by atoms with Gasteiger partial charge in [0.1, 0.15) is 5.82 Å². The average Bonchev–Trinajstić information content (AvgIpc) is 2.53. The molecule has 1 N–H and O–H groups in total. The van der Waals surface area contributed by atoms with Gasteiger partial charge < -0.3 is 4.74 Å². The van der Waals surface area contributed by atoms with Gasteiger partial charge in [-0.25, -0.2) is 17.5 Å². The minimum absolute atomic E-state index is 0.392. The number of nitro groups is 1. The molecule has 1 aliphatic carbocycles. The second kappa shape index (κ2) is 7.04. The molecule has 0 unspecified atom stereocenters. The monoisotopic (exact) mass is 374 g/mol. The largest absolute Gasteiger partial charge is 0.469 e. The van der Waals surface area contributed by atoms with Crippen LogP contribution in [0.1, 0.15) is 32.6 Å². The number of non-ortho nitro benzene ring substituents is 1. The first-order chi connectivity index (χ1) is 11.6. The fourth-order valence-electron chi connectivity index (χ4n) is 3.15. The number of hydrogen-bond donors (Lipinski definition) is 1. The number of ether oxygens (including phenoxy) is 1. The maximum atomic E-state index is 13.6. The van der Waals surface area contributed by atoms with Gasteiger partial charge in [-0.15, -0.1) is 0 Å². The molecule has 1 aromatic rings. The summed E-state index contributed by atoms with van der Waals surface area (Å²) in [6.07, 6.45) is 2.30. The van der Waals surface area contributed by atoms with Gasteiger partial charge in [-0.1, -0.05) is 12.8 Å². The minimum Gasteiger partial charge on any atom is -0.469 e. The van der Waals surface area contributed by atoms with Crippen molar-refractivity contribution in [2.75, 3.05) is 7.11 Å². The van der Waals surface area contributed by atoms with Gasteiger partial charge in [-0.2, -0.15) is 0 Å². The summed E-state index contributed by atoms with van der Waals surface area (Å²) in [6, 6.07) is 2.12. The Hall–Kier alpha value is -2.07. The van der Waals surface area contributed by atoms with Crippen molar-refractivity contribution in [2.45, 2.75) is 43.0 Å². The maximum Gasteiger partial charge on any atom is 0.310 e. The highest BCUT2D eigenvalue weighted by Gasteiger charge is 2.44. The van der Waals surface area contributed by atoms with Crippen LogP contribution in [0.25, 0.3) is 0 Å². The van der Waals surface area contributed by atoms with Crippen molar-refractivity contribution in [2.24, 2.45) is 5.92 Å². The van der Waals surface area contributed by atoms with Crippen LogP contribution in [-0.2, 0) is 19.6 Å². The van der Waals surface area contributed by atoms with E-state index in [0.717, 1.165) is 12.5 Å². The molecule has 0 bridgehead atoms. The van der Waals surface area contributed by atoms with E-state index in [2.05, 4.69) is 4.72 Å². The smallest absolute Gasteiger partial charge is 0.310 e. The van der Waals surface area contributed by atoms with Crippen LogP contribution in [-0.4, -0.2) is 32.0 Å². The molecule has 1 saturated carbocycles. The first-order valence-electron chi connectivity index (χ1n) is 7.66. The zero-order chi connectivity index (χ0) is 18.8. The van der Waals surface area contributed by atoms with E-state index in [1.165, 1.54) is 7.11 Å². The zero-order valence-electron chi connectivity index (χ0n) is 13.8. The molecular formula is C15H19FN2O6S. The summed E-state index contributed by atoms with van der Waals surface area (Å²) in [6.45, 7) is 1.58. The molecule has 0 radical (unpaired) electrons. The van der Waals surface area contributed by atoms with Gasteiger partial charge in [-0.05, 0) is 25.8 Å². The highest BCUT2D eigenvalue weighted by molar-refractivity contribution is 7.89. The number of sulfonamides is 1. The Bertz CT molecular complexity index is 797. The van der Waals surface area contributed by atoms with Crippen LogP contribution in [0.15, 0.2) is 23.1 Å². The van der Waals surface area contributed by atoms with Crippen molar-refractivity contribution in [1.82, 2.24) is 4.72 Å². The number of carbonyl (C=O) groups excluding carboxylic acids is 1. The molecular weight excluding hydrogens is 355 g/mol. The van der Waals surface area contributed by atoms with Crippen LogP contribution in [0.5, 0.6) is 0 Å². The number of rotatable bonds is 5. The number of esters is 1. The summed E-state index contributed by atoms with van der Waals surface area (Å²) in [7, 11) is -3.05. The highest BCUT2D eigenvalue weighted by atomic mass is 32.2. The summed E-state index contributed by atoms with van der Waals surface area (Å²) in [5, 5.41) is 10.8. The second-order valence-corrected chi connectivity index (χ2v) is 7.93. The minimum atomic E-state index is -4.27. The van der Waals surface area contributed by atoms with E-state index in [0.29, 0.717) is 31.4 Å². The summed E-state index contributed by atoms with van der Waals surface area (Å²) in [5.41, 5.74) is -1.79. The molecule has 8 nitrogen and oxygen atoms in total. The van der Waals surface area contributed by atoms with E-state index in [-0.39, 0.29) is 0 Å². The van der Waals surface area contributed by atoms with E-state index in [1.54, 1.807) is 6.92 Å². The summed E-state index contributed by atoms with van der Waals surface area (Å²) >= 11 is 0. The number of nitrogens with zero attached hydrogens (tertiary/aromatic N) is 1. The lowest BCUT2D eigenvalue weighted by Gasteiger charge is -2.40. The maximum absolute atomic E-state index is 13.6. The molecule has 2 rings (SSSR count). The van der Waals surface area contributed by atoms with Crippen molar-refractivity contribution in [1.29, 1.82) is 0 Å². The van der Waals surface area contributed by atoms with Crippen LogP contribution in [0, 0.1) is 21.8 Å². The SMILES string of the molecule is COC(=O)[C@@H]1CCCC[C@]1(C)NS(=O)(=O)c1cc(F)cc([N+](=O)[O-])c1. The van der Waals surface area contributed by atoms with Gasteiger partial charge in [0, 0.05) is 11.6 Å². The van der Waals surface area contributed by atoms with E-state index in [4.69, 9.17) is 4.74 Å². The van der Waals surface area contributed by atoms with Crippen LogP contribution < -0.4 is 4.72 Å². The van der Waals surface area contributed by atoms with Crippen LogP contribution in [0.4, 0.5) is 10.1 Å². The second-order valence-electron chi connectivity index (χ2n) is 6.25. The van der Waals surface area contributed by atoms with E-state index < -0.39 is 48.8 Å². The van der Waals surface area contributed by atoms with Crippen LogP contribution in [0.2, 0.25) is 0 Å². The molecule has 0 heterocycles. The van der Waals surface area contributed by atoms with Gasteiger partial charge in [-0.3, -0.25) is 14.9 Å². The lowest BCUT2D eigenvalue weighted by atomic mass is 9.74. The van der Waals surface area contributed by atoms with Crippen molar-refractivity contribution < 1.29 is 27.3 Å². The Kier molecular flexibility index (Phi) is 5.43. The number of halogens is 1. The number of benzene rings is 1. The number of carbonyl (C=O) groups is 1. The molecule has 25 heavy (non-hydrogen) atoms.